The number of aliphatic hydroxyl groups excluding tert-OH is 2. The van der Waals surface area contributed by atoms with E-state index in [1.54, 1.807) is 27.7 Å². The van der Waals surface area contributed by atoms with Crippen molar-refractivity contribution in [2.24, 2.45) is 34.0 Å². The molecule has 1 aliphatic heterocycles. The van der Waals surface area contributed by atoms with Gasteiger partial charge in [-0.25, -0.2) is 9.36 Å². The van der Waals surface area contributed by atoms with E-state index in [0.29, 0.717) is 6.42 Å². The molecule has 1 saturated heterocycles. The van der Waals surface area contributed by atoms with Crippen molar-refractivity contribution in [1.29, 1.82) is 0 Å². The zero-order valence-corrected chi connectivity index (χ0v) is 37.9. The van der Waals surface area contributed by atoms with Gasteiger partial charge in [0.05, 0.1) is 31.9 Å². The Bertz CT molecular complexity index is 1780. The maximum Gasteiger partial charge on any atom is 0.469 e. The molecule has 370 valence electrons. The molecule has 0 bridgehead atoms. The minimum Gasteiger partial charge on any atom is -0.480 e. The van der Waals surface area contributed by atoms with E-state index >= 15 is 0 Å². The third-order valence-corrected chi connectivity index (χ3v) is 10.2. The van der Waals surface area contributed by atoms with Gasteiger partial charge >= 0.3 is 13.8 Å². The summed E-state index contributed by atoms with van der Waals surface area (Å²) < 4.78 is 16.2. The molecule has 9 atom stereocenters. The van der Waals surface area contributed by atoms with Gasteiger partial charge in [-0.15, -0.1) is 0 Å². The molecule has 0 radical (unpaired) electrons. The van der Waals surface area contributed by atoms with E-state index in [1.807, 2.05) is 0 Å². The van der Waals surface area contributed by atoms with Crippen LogP contribution in [0.5, 0.6) is 0 Å². The molecular formula is C36H65N12O16P. The number of carbonyl (C=O) groups excluding carboxylic acids is 8. The minimum absolute atomic E-state index is 0.0380. The number of hydrogen-bond acceptors (Lipinski definition) is 15. The Morgan fingerprint density at radius 3 is 1.89 bits per heavy atom. The van der Waals surface area contributed by atoms with Crippen LogP contribution in [0.1, 0.15) is 67.2 Å². The second-order valence-corrected chi connectivity index (χ2v) is 17.1. The summed E-state index contributed by atoms with van der Waals surface area (Å²) in [5.74, 6) is -10.3. The van der Waals surface area contributed by atoms with Gasteiger partial charge < -0.3 is 84.4 Å². The predicted molar refractivity (Wildman–Crippen MR) is 227 cm³/mol. The van der Waals surface area contributed by atoms with Gasteiger partial charge in [0.25, 0.3) is 0 Å². The summed E-state index contributed by atoms with van der Waals surface area (Å²) in [7, 11) is -5.26. The maximum atomic E-state index is 13.9. The first-order chi connectivity index (χ1) is 30.1. The highest BCUT2D eigenvalue weighted by molar-refractivity contribution is 7.46. The van der Waals surface area contributed by atoms with Gasteiger partial charge in [-0.1, -0.05) is 27.7 Å². The van der Waals surface area contributed by atoms with Crippen molar-refractivity contribution >= 4 is 67.0 Å². The highest BCUT2D eigenvalue weighted by Gasteiger charge is 2.41. The van der Waals surface area contributed by atoms with E-state index in [1.165, 1.54) is 6.92 Å². The van der Waals surface area contributed by atoms with Crippen LogP contribution in [0.4, 0.5) is 0 Å². The Balaban J connectivity index is 3.11. The van der Waals surface area contributed by atoms with Crippen LogP contribution in [0, 0.1) is 11.8 Å². The van der Waals surface area contributed by atoms with Gasteiger partial charge in [0.15, 0.2) is 5.96 Å². The first-order valence-corrected chi connectivity index (χ1v) is 22.1. The molecular weight excluding hydrogens is 887 g/mol. The number of carboxylic acid groups (broad SMARTS) is 1. The third kappa shape index (κ3) is 20.0. The lowest BCUT2D eigenvalue weighted by Crippen LogP contribution is -2.62. The van der Waals surface area contributed by atoms with Crippen LogP contribution in [0.15, 0.2) is 4.99 Å². The number of nitrogens with two attached hydrogens (primary N) is 3. The minimum atomic E-state index is -5.26. The molecule has 65 heavy (non-hydrogen) atoms. The number of likely N-dealkylation sites (tertiary alicyclic amines) is 1. The summed E-state index contributed by atoms with van der Waals surface area (Å²) in [6, 6.07) is -11.7. The fourth-order valence-corrected chi connectivity index (χ4v) is 6.44. The summed E-state index contributed by atoms with van der Waals surface area (Å²) in [6.45, 7) is 5.81. The van der Waals surface area contributed by atoms with E-state index in [4.69, 9.17) is 17.2 Å². The number of aliphatic carboxylic acids is 1. The second-order valence-electron chi connectivity index (χ2n) is 15.9. The quantitative estimate of drug-likeness (QED) is 0.0157. The van der Waals surface area contributed by atoms with Gasteiger partial charge in [0, 0.05) is 13.1 Å². The van der Waals surface area contributed by atoms with Crippen molar-refractivity contribution in [3.63, 3.8) is 0 Å². The lowest BCUT2D eigenvalue weighted by atomic mass is 10.0. The lowest BCUT2D eigenvalue weighted by molar-refractivity contribution is -0.144. The van der Waals surface area contributed by atoms with E-state index in [0.717, 1.165) is 11.8 Å². The van der Waals surface area contributed by atoms with Crippen LogP contribution in [0.3, 0.4) is 0 Å². The number of phosphoric ester groups is 1. The van der Waals surface area contributed by atoms with Crippen LogP contribution >= 0.6 is 7.82 Å². The fourth-order valence-electron chi connectivity index (χ4n) is 6.10. The fraction of sp³-hybridized carbons (Fsp3) is 0.722. The first-order valence-electron chi connectivity index (χ1n) is 20.5. The van der Waals surface area contributed by atoms with Crippen molar-refractivity contribution in [3.8, 4) is 0 Å². The van der Waals surface area contributed by atoms with Gasteiger partial charge in [0.1, 0.15) is 42.3 Å². The van der Waals surface area contributed by atoms with E-state index < -0.39 is 147 Å². The summed E-state index contributed by atoms with van der Waals surface area (Å²) in [5, 5.41) is 45.4. The molecule has 29 heteroatoms. The number of nitrogens with zero attached hydrogens (tertiary/aromatic N) is 2. The zero-order chi connectivity index (χ0) is 49.9. The molecule has 1 fully saturated rings. The topological polar surface area (TPSA) is 459 Å². The van der Waals surface area contributed by atoms with Gasteiger partial charge in [-0.05, 0) is 51.4 Å². The van der Waals surface area contributed by atoms with Crippen molar-refractivity contribution in [2.45, 2.75) is 122 Å². The van der Waals surface area contributed by atoms with E-state index in [9.17, 15) is 72.8 Å². The van der Waals surface area contributed by atoms with Gasteiger partial charge in [0.2, 0.25) is 47.3 Å². The number of amides is 8. The van der Waals surface area contributed by atoms with Crippen molar-refractivity contribution in [2.75, 3.05) is 32.8 Å². The Labute approximate surface area is 374 Å². The standard InChI is InChI=1S/C36H65N12O16P/c1-16(2)25(46-29(53)20(37)9-7-11-40-36(38)39)32(56)42-18(5)28(52)44-22(15-64-65(61,62)63)34(58)48-12-8-10-23(48)31(55)47-27(19(6)50)33(57)43-21(14-49)30(54)41-13-24(51)45-26(17(3)4)35(59)60/h16-23,25-27,49-50H,7-15,37H2,1-6H3,(H,41,54)(H,42,56)(H,43,57)(H,44,52)(H,45,51)(H,46,53)(H,47,55)(H,59,60)(H4,38,39,40)(H2,61,62,63)/t18-,19+,20-,21-,22-,23-,25-,26-,27-/m0/s1. The molecule has 0 aliphatic carbocycles. The molecule has 0 unspecified atom stereocenters. The molecule has 0 aromatic rings. The predicted octanol–water partition coefficient (Wildman–Crippen LogP) is -6.72. The molecule has 1 heterocycles. The number of phosphoric acid groups is 1. The number of aliphatic imine (C=N–C) groups is 1. The number of aliphatic hydroxyl groups is 2. The summed E-state index contributed by atoms with van der Waals surface area (Å²) in [6.07, 6.45) is -0.985. The monoisotopic (exact) mass is 952 g/mol. The summed E-state index contributed by atoms with van der Waals surface area (Å²) >= 11 is 0. The molecule has 8 amide bonds. The van der Waals surface area contributed by atoms with Crippen molar-refractivity contribution in [1.82, 2.24) is 42.1 Å². The van der Waals surface area contributed by atoms with E-state index in [2.05, 4.69) is 46.7 Å². The average molecular weight is 953 g/mol. The number of carbonyl (C=O) groups is 9. The molecule has 1 aliphatic rings. The zero-order valence-electron chi connectivity index (χ0n) is 37.0. The molecule has 18 N–H and O–H groups in total. The Hall–Kier alpha value is -5.51. The van der Waals surface area contributed by atoms with Crippen molar-refractivity contribution in [3.05, 3.63) is 0 Å². The highest BCUT2D eigenvalue weighted by Crippen LogP contribution is 2.36. The number of guanidine groups is 1. The van der Waals surface area contributed by atoms with E-state index in [-0.39, 0.29) is 38.3 Å². The lowest BCUT2D eigenvalue weighted by Gasteiger charge is -2.31. The van der Waals surface area contributed by atoms with Crippen LogP contribution < -0.4 is 54.4 Å². The largest absolute Gasteiger partial charge is 0.480 e. The number of hydrogen-bond donors (Lipinski definition) is 15. The maximum absolute atomic E-state index is 13.9. The molecule has 28 nitrogen and oxygen atoms in total. The third-order valence-electron chi connectivity index (χ3n) is 9.72. The smallest absolute Gasteiger partial charge is 0.469 e. The number of nitrogens with one attached hydrogen (secondary N) is 7. The van der Waals surface area contributed by atoms with Crippen LogP contribution in [-0.4, -0.2) is 176 Å². The SMILES string of the molecule is CC(C)[C@H](NC(=O)CNC(=O)[C@H](CO)NC(=O)[C@@H](NC(=O)[C@@H]1CCCN1C(=O)[C@H](COP(=O)(O)O)NC(=O)[C@H](C)NC(=O)[C@@H](NC(=O)[C@@H](N)CCCN=C(N)N)C(C)C)[C@@H](C)O)C(=O)O. The second kappa shape index (κ2) is 27.1. The van der Waals surface area contributed by atoms with Crippen molar-refractivity contribution < 1.29 is 77.3 Å². The number of rotatable bonds is 27. The Kier molecular flexibility index (Phi) is 24.0. The van der Waals surface area contributed by atoms with Crippen LogP contribution in [0.25, 0.3) is 0 Å². The summed E-state index contributed by atoms with van der Waals surface area (Å²) in [4.78, 5) is 140. The average Bonchev–Trinajstić information content (AvgIpc) is 3.71. The highest BCUT2D eigenvalue weighted by atomic mass is 31.2. The van der Waals surface area contributed by atoms with Crippen LogP contribution in [0.2, 0.25) is 0 Å². The molecule has 0 aromatic carbocycles. The summed E-state index contributed by atoms with van der Waals surface area (Å²) in [5.41, 5.74) is 16.5. The normalized spacial score (nSPS) is 17.5. The number of carboxylic acids is 1. The molecule has 0 spiro atoms. The van der Waals surface area contributed by atoms with Crippen LogP contribution in [-0.2, 0) is 52.2 Å². The Morgan fingerprint density at radius 2 is 1.37 bits per heavy atom. The molecule has 1 rings (SSSR count). The molecule has 0 aromatic heterocycles. The Morgan fingerprint density at radius 1 is 0.785 bits per heavy atom. The van der Waals surface area contributed by atoms with Gasteiger partial charge in [-0.3, -0.25) is 47.9 Å². The van der Waals surface area contributed by atoms with Gasteiger partial charge in [-0.2, -0.15) is 0 Å². The molecule has 0 saturated carbocycles. The first kappa shape index (κ1) is 57.5.